The lowest BCUT2D eigenvalue weighted by Crippen LogP contribution is -1.98. The van der Waals surface area contributed by atoms with Crippen molar-refractivity contribution in [3.63, 3.8) is 0 Å². The zero-order chi connectivity index (χ0) is 10.1. The second-order valence-electron chi connectivity index (χ2n) is 3.67. The fourth-order valence-electron chi connectivity index (χ4n) is 1.58. The predicted octanol–water partition coefficient (Wildman–Crippen LogP) is 2.80. The van der Waals surface area contributed by atoms with Crippen LogP contribution in [0.25, 0.3) is 5.69 Å². The highest BCUT2D eigenvalue weighted by Crippen LogP contribution is 2.12. The molecule has 0 radical (unpaired) electrons. The first-order valence-corrected chi connectivity index (χ1v) is 4.77. The molecule has 1 aromatic heterocycles. The Morgan fingerprint density at radius 1 is 1.00 bits per heavy atom. The van der Waals surface area contributed by atoms with E-state index in [2.05, 4.69) is 49.3 Å². The molecule has 2 rings (SSSR count). The summed E-state index contributed by atoms with van der Waals surface area (Å²) in [5, 5.41) is 4.43. The smallest absolute Gasteiger partial charge is 0.0648 e. The van der Waals surface area contributed by atoms with Crippen molar-refractivity contribution in [3.8, 4) is 5.69 Å². The van der Waals surface area contributed by atoms with Crippen LogP contribution in [0.2, 0.25) is 0 Å². The van der Waals surface area contributed by atoms with E-state index in [1.165, 1.54) is 11.3 Å². The van der Waals surface area contributed by atoms with E-state index >= 15 is 0 Å². The van der Waals surface area contributed by atoms with Gasteiger partial charge in [-0.25, -0.2) is 4.68 Å². The third kappa shape index (κ3) is 1.55. The second kappa shape index (κ2) is 3.29. The van der Waals surface area contributed by atoms with Gasteiger partial charge in [0.1, 0.15) is 0 Å². The number of hydrogen-bond acceptors (Lipinski definition) is 1. The Morgan fingerprint density at radius 2 is 1.64 bits per heavy atom. The lowest BCUT2D eigenvalue weighted by molar-refractivity contribution is 0.833. The first kappa shape index (κ1) is 9.00. The highest BCUT2D eigenvalue weighted by Gasteiger charge is 2.02. The molecule has 0 fully saturated rings. The van der Waals surface area contributed by atoms with E-state index in [-0.39, 0.29) is 0 Å². The van der Waals surface area contributed by atoms with Gasteiger partial charge in [-0.3, -0.25) is 0 Å². The summed E-state index contributed by atoms with van der Waals surface area (Å²) in [6.07, 6.45) is 0. The largest absolute Gasteiger partial charge is 0.238 e. The molecule has 0 aliphatic rings. The molecule has 72 valence electrons. The first-order chi connectivity index (χ1) is 6.66. The average Bonchev–Trinajstić information content (AvgIpc) is 2.47. The van der Waals surface area contributed by atoms with Crippen LogP contribution >= 0.6 is 0 Å². The van der Waals surface area contributed by atoms with Crippen LogP contribution in [0.3, 0.4) is 0 Å². The monoisotopic (exact) mass is 186 g/mol. The minimum absolute atomic E-state index is 1.06. The normalized spacial score (nSPS) is 10.5. The molecule has 0 unspecified atom stereocenters. The number of hydrogen-bond donors (Lipinski definition) is 0. The van der Waals surface area contributed by atoms with E-state index in [1.54, 1.807) is 0 Å². The zero-order valence-corrected chi connectivity index (χ0v) is 8.78. The van der Waals surface area contributed by atoms with Gasteiger partial charge in [-0.2, -0.15) is 5.10 Å². The van der Waals surface area contributed by atoms with E-state index in [0.717, 1.165) is 11.4 Å². The van der Waals surface area contributed by atoms with Gasteiger partial charge in [-0.15, -0.1) is 0 Å². The minimum atomic E-state index is 1.06. The first-order valence-electron chi connectivity index (χ1n) is 4.77. The van der Waals surface area contributed by atoms with Gasteiger partial charge in [-0.05, 0) is 39.0 Å². The van der Waals surface area contributed by atoms with Crippen molar-refractivity contribution in [2.75, 3.05) is 0 Å². The fraction of sp³-hybridized carbons (Fsp3) is 0.250. The van der Waals surface area contributed by atoms with Crippen LogP contribution in [-0.4, -0.2) is 9.78 Å². The maximum Gasteiger partial charge on any atom is 0.0648 e. The SMILES string of the molecule is Cc1ccc(-n2nc(C)cc2C)cc1. The molecule has 14 heavy (non-hydrogen) atoms. The molecule has 0 atom stereocenters. The molecule has 1 heterocycles. The Hall–Kier alpha value is -1.57. The summed E-state index contributed by atoms with van der Waals surface area (Å²) < 4.78 is 1.97. The number of rotatable bonds is 1. The maximum atomic E-state index is 4.43. The predicted molar refractivity (Wildman–Crippen MR) is 57.8 cm³/mol. The van der Waals surface area contributed by atoms with Gasteiger partial charge >= 0.3 is 0 Å². The molecular weight excluding hydrogens is 172 g/mol. The number of aryl methyl sites for hydroxylation is 3. The van der Waals surface area contributed by atoms with Crippen LogP contribution < -0.4 is 0 Å². The van der Waals surface area contributed by atoms with E-state index in [1.807, 2.05) is 11.6 Å². The van der Waals surface area contributed by atoms with Crippen LogP contribution in [0, 0.1) is 20.8 Å². The third-order valence-corrected chi connectivity index (χ3v) is 2.29. The number of aromatic nitrogens is 2. The molecule has 2 aromatic rings. The third-order valence-electron chi connectivity index (χ3n) is 2.29. The lowest BCUT2D eigenvalue weighted by Gasteiger charge is -2.03. The van der Waals surface area contributed by atoms with E-state index in [0.29, 0.717) is 0 Å². The quantitative estimate of drug-likeness (QED) is 0.669. The van der Waals surface area contributed by atoms with Crippen molar-refractivity contribution in [1.82, 2.24) is 9.78 Å². The van der Waals surface area contributed by atoms with Gasteiger partial charge in [0.15, 0.2) is 0 Å². The van der Waals surface area contributed by atoms with Crippen LogP contribution in [-0.2, 0) is 0 Å². The van der Waals surface area contributed by atoms with Crippen LogP contribution in [0.1, 0.15) is 17.0 Å². The summed E-state index contributed by atoms with van der Waals surface area (Å²) >= 11 is 0. The van der Waals surface area contributed by atoms with Crippen LogP contribution in [0.4, 0.5) is 0 Å². The standard InChI is InChI=1S/C12H14N2/c1-9-4-6-12(7-5-9)14-11(3)8-10(2)13-14/h4-8H,1-3H3. The van der Waals surface area contributed by atoms with Crippen LogP contribution in [0.15, 0.2) is 30.3 Å². The number of benzene rings is 1. The highest BCUT2D eigenvalue weighted by atomic mass is 15.3. The van der Waals surface area contributed by atoms with Crippen molar-refractivity contribution < 1.29 is 0 Å². The van der Waals surface area contributed by atoms with E-state index in [9.17, 15) is 0 Å². The molecule has 2 heteroatoms. The van der Waals surface area contributed by atoms with Gasteiger partial charge in [0.25, 0.3) is 0 Å². The topological polar surface area (TPSA) is 17.8 Å². The molecule has 0 bridgehead atoms. The van der Waals surface area contributed by atoms with Crippen molar-refractivity contribution in [2.45, 2.75) is 20.8 Å². The molecule has 0 amide bonds. The maximum absolute atomic E-state index is 4.43. The molecule has 2 nitrogen and oxygen atoms in total. The zero-order valence-electron chi connectivity index (χ0n) is 8.78. The molecule has 0 saturated heterocycles. The van der Waals surface area contributed by atoms with Gasteiger partial charge in [0.05, 0.1) is 11.4 Å². The summed E-state index contributed by atoms with van der Waals surface area (Å²) in [6.45, 7) is 6.17. The second-order valence-corrected chi connectivity index (χ2v) is 3.67. The van der Waals surface area contributed by atoms with Crippen molar-refractivity contribution in [3.05, 3.63) is 47.3 Å². The molecule has 0 aliphatic heterocycles. The molecule has 0 aliphatic carbocycles. The highest BCUT2D eigenvalue weighted by molar-refractivity contribution is 5.35. The molecule has 1 aromatic carbocycles. The lowest BCUT2D eigenvalue weighted by atomic mass is 10.2. The van der Waals surface area contributed by atoms with Crippen LogP contribution in [0.5, 0.6) is 0 Å². The molecular formula is C12H14N2. The molecule has 0 N–H and O–H groups in total. The fourth-order valence-corrected chi connectivity index (χ4v) is 1.58. The Labute approximate surface area is 84.2 Å². The average molecular weight is 186 g/mol. The summed E-state index contributed by atoms with van der Waals surface area (Å²) in [7, 11) is 0. The summed E-state index contributed by atoms with van der Waals surface area (Å²) in [4.78, 5) is 0. The van der Waals surface area contributed by atoms with Gasteiger partial charge in [0, 0.05) is 5.69 Å². The Kier molecular flexibility index (Phi) is 2.12. The van der Waals surface area contributed by atoms with E-state index < -0.39 is 0 Å². The van der Waals surface area contributed by atoms with Gasteiger partial charge in [0.2, 0.25) is 0 Å². The Morgan fingerprint density at radius 3 is 2.14 bits per heavy atom. The van der Waals surface area contributed by atoms with Gasteiger partial charge in [-0.1, -0.05) is 17.7 Å². The Balaban J connectivity index is 2.49. The summed E-state index contributed by atoms with van der Waals surface area (Å²) in [5.41, 5.74) is 4.63. The van der Waals surface area contributed by atoms with Crippen molar-refractivity contribution in [1.29, 1.82) is 0 Å². The van der Waals surface area contributed by atoms with Gasteiger partial charge < -0.3 is 0 Å². The van der Waals surface area contributed by atoms with E-state index in [4.69, 9.17) is 0 Å². The summed E-state index contributed by atoms with van der Waals surface area (Å²) in [6, 6.07) is 10.5. The molecule has 0 spiro atoms. The van der Waals surface area contributed by atoms with Crippen molar-refractivity contribution >= 4 is 0 Å². The minimum Gasteiger partial charge on any atom is -0.238 e. The Bertz CT molecular complexity index is 438. The summed E-state index contributed by atoms with van der Waals surface area (Å²) in [5.74, 6) is 0. The van der Waals surface area contributed by atoms with Crippen molar-refractivity contribution in [2.24, 2.45) is 0 Å². The number of nitrogens with zero attached hydrogens (tertiary/aromatic N) is 2. The molecule has 0 saturated carbocycles.